The third kappa shape index (κ3) is 14.5. The van der Waals surface area contributed by atoms with Crippen molar-refractivity contribution in [2.75, 3.05) is 57.4 Å². The second-order valence-corrected chi connectivity index (χ2v) is 23.3. The predicted octanol–water partition coefficient (Wildman–Crippen LogP) is 11.0. The number of fused-ring (bicyclic) bond motifs is 2. The van der Waals surface area contributed by atoms with Crippen molar-refractivity contribution in [1.29, 1.82) is 0 Å². The van der Waals surface area contributed by atoms with Gasteiger partial charge in [-0.05, 0) is 102 Å². The SMILES string of the molecule is COc1c(NC(=O)Nc2ccc(C(=O)O)c3ccccc23)cc(C(C)(C)C)cc1NS(C)(=O)=O.COc1c(NC(=O)Nc2ccc(C(=O)OC(C)(C)C)c3ccccc23)cc(C(C)(C)C)cc1NS(C)(=O)=O. The van der Waals surface area contributed by atoms with Crippen LogP contribution in [-0.2, 0) is 35.6 Å². The number of carbonyl (C=O) groups is 4. The molecular weight excluding hydrogens is 965 g/mol. The van der Waals surface area contributed by atoms with E-state index in [1.807, 2.05) is 47.6 Å². The van der Waals surface area contributed by atoms with Gasteiger partial charge in [-0.2, -0.15) is 0 Å². The van der Waals surface area contributed by atoms with Gasteiger partial charge >= 0.3 is 24.0 Å². The third-order valence-corrected chi connectivity index (χ3v) is 11.8. The molecular formula is C52H62N6O12S2. The van der Waals surface area contributed by atoms with Crippen molar-refractivity contribution >= 4 is 99.7 Å². The van der Waals surface area contributed by atoms with E-state index in [0.717, 1.165) is 23.6 Å². The lowest BCUT2D eigenvalue weighted by molar-refractivity contribution is 0.00714. The van der Waals surface area contributed by atoms with Crippen LogP contribution in [0.15, 0.2) is 97.1 Å². The Kier molecular flexibility index (Phi) is 16.5. The second kappa shape index (κ2) is 21.4. The summed E-state index contributed by atoms with van der Waals surface area (Å²) in [5, 5.41) is 22.8. The largest absolute Gasteiger partial charge is 0.492 e. The predicted molar refractivity (Wildman–Crippen MR) is 286 cm³/mol. The molecule has 0 radical (unpaired) electrons. The van der Waals surface area contributed by atoms with Gasteiger partial charge in [0.05, 0.1) is 72.0 Å². The van der Waals surface area contributed by atoms with Gasteiger partial charge in [-0.25, -0.2) is 36.0 Å². The van der Waals surface area contributed by atoms with Crippen LogP contribution in [0.3, 0.4) is 0 Å². The summed E-state index contributed by atoms with van der Waals surface area (Å²) >= 11 is 0. The van der Waals surface area contributed by atoms with Crippen LogP contribution in [0.1, 0.15) is 94.2 Å². The normalized spacial score (nSPS) is 11.9. The van der Waals surface area contributed by atoms with Crippen molar-refractivity contribution in [2.24, 2.45) is 0 Å². The van der Waals surface area contributed by atoms with E-state index in [4.69, 9.17) is 14.2 Å². The lowest BCUT2D eigenvalue weighted by Gasteiger charge is -2.24. The number of ether oxygens (including phenoxy) is 3. The highest BCUT2D eigenvalue weighted by molar-refractivity contribution is 7.92. The van der Waals surface area contributed by atoms with Crippen molar-refractivity contribution in [2.45, 2.75) is 78.7 Å². The quantitative estimate of drug-likeness (QED) is 0.0565. The van der Waals surface area contributed by atoms with E-state index < -0.39 is 49.6 Å². The topological polar surface area (TPSA) is 257 Å². The molecule has 0 atom stereocenters. The van der Waals surface area contributed by atoms with Gasteiger partial charge in [-0.1, -0.05) is 90.1 Å². The third-order valence-electron chi connectivity index (χ3n) is 10.6. The number of carboxylic acids is 1. The molecule has 0 bridgehead atoms. The molecule has 6 rings (SSSR count). The number of hydrogen-bond donors (Lipinski definition) is 7. The number of nitrogens with one attached hydrogen (secondary N) is 6. The molecule has 18 nitrogen and oxygen atoms in total. The number of methoxy groups -OCH3 is 2. The Morgan fingerprint density at radius 3 is 1.14 bits per heavy atom. The molecule has 0 saturated carbocycles. The van der Waals surface area contributed by atoms with Crippen LogP contribution in [0.4, 0.5) is 43.7 Å². The minimum Gasteiger partial charge on any atom is -0.492 e. The minimum absolute atomic E-state index is 0.123. The second-order valence-electron chi connectivity index (χ2n) is 19.8. The molecule has 0 aromatic heterocycles. The lowest BCUT2D eigenvalue weighted by Crippen LogP contribution is -2.24. The number of carbonyl (C=O) groups excluding carboxylic acids is 3. The van der Waals surface area contributed by atoms with Crippen LogP contribution in [-0.4, -0.2) is 78.3 Å². The molecule has 0 aliphatic rings. The first kappa shape index (κ1) is 55.3. The number of esters is 1. The van der Waals surface area contributed by atoms with Crippen LogP contribution in [0.2, 0.25) is 0 Å². The van der Waals surface area contributed by atoms with Crippen LogP contribution in [0.5, 0.6) is 11.5 Å². The summed E-state index contributed by atoms with van der Waals surface area (Å²) in [5.74, 6) is -1.20. The number of sulfonamides is 2. The van der Waals surface area contributed by atoms with Gasteiger partial charge in [0.15, 0.2) is 11.5 Å². The van der Waals surface area contributed by atoms with Gasteiger partial charge in [-0.3, -0.25) is 9.44 Å². The molecule has 0 saturated heterocycles. The number of rotatable bonds is 12. The average molecular weight is 1030 g/mol. The Morgan fingerprint density at radius 1 is 0.472 bits per heavy atom. The highest BCUT2D eigenvalue weighted by Crippen LogP contribution is 2.41. The average Bonchev–Trinajstić information content (AvgIpc) is 3.24. The summed E-state index contributed by atoms with van der Waals surface area (Å²) in [7, 11) is -4.45. The first-order valence-corrected chi connectivity index (χ1v) is 26.1. The maximum Gasteiger partial charge on any atom is 0.339 e. The summed E-state index contributed by atoms with van der Waals surface area (Å²) in [4.78, 5) is 50.4. The fraction of sp³-hybridized carbons (Fsp3) is 0.308. The summed E-state index contributed by atoms with van der Waals surface area (Å²) < 4.78 is 69.1. The Hall–Kier alpha value is -7.58. The van der Waals surface area contributed by atoms with E-state index in [0.29, 0.717) is 44.2 Å². The fourth-order valence-corrected chi connectivity index (χ4v) is 8.47. The number of benzene rings is 6. The fourth-order valence-electron chi connectivity index (χ4n) is 7.37. The van der Waals surface area contributed by atoms with E-state index in [-0.39, 0.29) is 45.0 Å². The van der Waals surface area contributed by atoms with Gasteiger partial charge < -0.3 is 40.6 Å². The van der Waals surface area contributed by atoms with Crippen molar-refractivity contribution in [3.63, 3.8) is 0 Å². The summed E-state index contributed by atoms with van der Waals surface area (Å²) in [5.41, 5.74) is 2.58. The summed E-state index contributed by atoms with van der Waals surface area (Å²) in [6, 6.07) is 25.9. The number of anilines is 6. The Bertz CT molecular complexity index is 3300. The standard InChI is InChI=1S/C28H35N3O6S.C24H27N3O6S/c1-27(2,3)17-15-22(24(36-7)23(16-17)31-38(8,34)35)30-26(33)29-21-14-13-20(25(32)37-28(4,5)6)18-11-9-10-12-19(18)21;1-24(2,3)14-12-19(21(33-4)20(13-14)27-34(5,31)32)26-23(30)25-18-11-10-17(22(28)29)15-8-6-7-9-16(15)18/h9-16,31H,1-8H3,(H2,29,30,33);6-13,27H,1-5H3,(H,28,29)(H2,25,26,30). The number of carboxylic acid groups (broad SMARTS) is 1. The van der Waals surface area contributed by atoms with Gasteiger partial charge in [-0.15, -0.1) is 0 Å². The first-order valence-electron chi connectivity index (χ1n) is 22.3. The number of urea groups is 2. The summed E-state index contributed by atoms with van der Waals surface area (Å²) in [6.07, 6.45) is 2.07. The number of hydrogen-bond acceptors (Lipinski definition) is 11. The zero-order valence-corrected chi connectivity index (χ0v) is 44.1. The minimum atomic E-state index is -3.61. The highest BCUT2D eigenvalue weighted by Gasteiger charge is 2.26. The van der Waals surface area contributed by atoms with E-state index in [2.05, 4.69) is 30.7 Å². The lowest BCUT2D eigenvalue weighted by atomic mass is 9.86. The van der Waals surface area contributed by atoms with E-state index in [9.17, 15) is 41.1 Å². The summed E-state index contributed by atoms with van der Waals surface area (Å²) in [6.45, 7) is 17.2. The first-order chi connectivity index (χ1) is 33.3. The molecule has 0 fully saturated rings. The van der Waals surface area contributed by atoms with Crippen molar-refractivity contribution in [3.05, 3.63) is 119 Å². The van der Waals surface area contributed by atoms with E-state index in [1.165, 1.54) is 26.4 Å². The van der Waals surface area contributed by atoms with Crippen LogP contribution in [0, 0.1) is 0 Å². The molecule has 7 N–H and O–H groups in total. The van der Waals surface area contributed by atoms with Crippen molar-refractivity contribution in [1.82, 2.24) is 0 Å². The van der Waals surface area contributed by atoms with Gasteiger partial charge in [0.2, 0.25) is 20.0 Å². The van der Waals surface area contributed by atoms with Gasteiger partial charge in [0, 0.05) is 10.8 Å². The Balaban J connectivity index is 0.000000269. The molecule has 0 spiro atoms. The molecule has 0 heterocycles. The molecule has 384 valence electrons. The zero-order chi connectivity index (χ0) is 53.7. The smallest absolute Gasteiger partial charge is 0.339 e. The molecule has 72 heavy (non-hydrogen) atoms. The number of amides is 4. The van der Waals surface area contributed by atoms with Gasteiger partial charge in [0.1, 0.15) is 5.60 Å². The Morgan fingerprint density at radius 2 is 0.806 bits per heavy atom. The van der Waals surface area contributed by atoms with Crippen molar-refractivity contribution in [3.8, 4) is 11.5 Å². The van der Waals surface area contributed by atoms with Crippen LogP contribution in [0.25, 0.3) is 21.5 Å². The molecule has 0 aliphatic carbocycles. The molecule has 0 unspecified atom stereocenters. The van der Waals surface area contributed by atoms with E-state index >= 15 is 0 Å². The van der Waals surface area contributed by atoms with Crippen molar-refractivity contribution < 1.29 is 55.3 Å². The zero-order valence-electron chi connectivity index (χ0n) is 42.5. The van der Waals surface area contributed by atoms with Crippen LogP contribution >= 0.6 is 0 Å². The molecule has 6 aromatic carbocycles. The number of aromatic carboxylic acids is 1. The molecule has 20 heteroatoms. The van der Waals surface area contributed by atoms with Crippen LogP contribution < -0.4 is 40.2 Å². The maximum atomic E-state index is 13.1. The monoisotopic (exact) mass is 1030 g/mol. The molecule has 0 aliphatic heterocycles. The Labute approximate surface area is 420 Å². The molecule has 4 amide bonds. The maximum absolute atomic E-state index is 13.1. The highest BCUT2D eigenvalue weighted by atomic mass is 32.2. The molecule has 6 aromatic rings. The van der Waals surface area contributed by atoms with Gasteiger partial charge in [0.25, 0.3) is 0 Å². The van der Waals surface area contributed by atoms with E-state index in [1.54, 1.807) is 99.6 Å².